The number of allylic oxidation sites excluding steroid dienone is 2. The van der Waals surface area contributed by atoms with Crippen LogP contribution >= 0.6 is 0 Å². The van der Waals surface area contributed by atoms with Crippen molar-refractivity contribution in [3.63, 3.8) is 0 Å². The SMILES string of the molecule is C=C/C=C/NS(=O)(=O)O. The normalized spacial score (nSPS) is 11.7. The first-order valence-corrected chi connectivity index (χ1v) is 3.52. The van der Waals surface area contributed by atoms with Crippen LogP contribution in [0.4, 0.5) is 0 Å². The molecule has 0 heterocycles. The molecule has 0 aromatic heterocycles. The van der Waals surface area contributed by atoms with E-state index in [9.17, 15) is 8.42 Å². The summed E-state index contributed by atoms with van der Waals surface area (Å²) in [5.41, 5.74) is 0. The molecule has 0 bridgehead atoms. The summed E-state index contributed by atoms with van der Waals surface area (Å²) in [4.78, 5) is 0. The quantitative estimate of drug-likeness (QED) is 0.441. The standard InChI is InChI=1S/C4H7NO3S/c1-2-3-4-5-9(6,7)8/h2-5H,1H2,(H,6,7,8)/b4-3+. The first kappa shape index (κ1) is 8.19. The van der Waals surface area contributed by atoms with Gasteiger partial charge in [-0.25, -0.2) is 0 Å². The highest BCUT2D eigenvalue weighted by molar-refractivity contribution is 7.83. The molecule has 0 aromatic rings. The average Bonchev–Trinajstić information content (AvgIpc) is 1.63. The third kappa shape index (κ3) is 7.19. The molecule has 4 nitrogen and oxygen atoms in total. The van der Waals surface area contributed by atoms with Gasteiger partial charge in [0.1, 0.15) is 0 Å². The van der Waals surface area contributed by atoms with E-state index in [1.807, 2.05) is 0 Å². The lowest BCUT2D eigenvalue weighted by molar-refractivity contribution is 0.476. The van der Waals surface area contributed by atoms with Crippen molar-refractivity contribution in [2.75, 3.05) is 0 Å². The highest BCUT2D eigenvalue weighted by atomic mass is 32.2. The van der Waals surface area contributed by atoms with Gasteiger partial charge in [-0.05, 0) is 6.08 Å². The lowest BCUT2D eigenvalue weighted by Crippen LogP contribution is -2.15. The number of rotatable bonds is 3. The van der Waals surface area contributed by atoms with Crippen molar-refractivity contribution in [1.82, 2.24) is 4.72 Å². The zero-order chi connectivity index (χ0) is 7.33. The second kappa shape index (κ2) is 3.26. The molecule has 2 N–H and O–H groups in total. The van der Waals surface area contributed by atoms with E-state index in [4.69, 9.17) is 4.55 Å². The van der Waals surface area contributed by atoms with Gasteiger partial charge in [-0.3, -0.25) is 9.27 Å². The third-order valence-electron chi connectivity index (χ3n) is 0.449. The molecule has 0 aliphatic rings. The second-order valence-electron chi connectivity index (χ2n) is 1.19. The molecule has 0 rings (SSSR count). The van der Waals surface area contributed by atoms with Crippen molar-refractivity contribution in [1.29, 1.82) is 0 Å². The summed E-state index contributed by atoms with van der Waals surface area (Å²) < 4.78 is 29.4. The van der Waals surface area contributed by atoms with Gasteiger partial charge in [-0.15, -0.1) is 0 Å². The van der Waals surface area contributed by atoms with Crippen LogP contribution in [0.5, 0.6) is 0 Å². The molecule has 0 aliphatic carbocycles. The first-order chi connectivity index (χ1) is 4.06. The van der Waals surface area contributed by atoms with Gasteiger partial charge in [0.15, 0.2) is 0 Å². The van der Waals surface area contributed by atoms with E-state index in [-0.39, 0.29) is 0 Å². The molecule has 9 heavy (non-hydrogen) atoms. The van der Waals surface area contributed by atoms with Gasteiger partial charge in [-0.1, -0.05) is 12.7 Å². The zero-order valence-corrected chi connectivity index (χ0v) is 5.43. The van der Waals surface area contributed by atoms with Crippen LogP contribution in [-0.2, 0) is 10.3 Å². The van der Waals surface area contributed by atoms with Crippen LogP contribution in [0.25, 0.3) is 0 Å². The Morgan fingerprint density at radius 1 is 1.56 bits per heavy atom. The predicted molar refractivity (Wildman–Crippen MR) is 34.0 cm³/mol. The van der Waals surface area contributed by atoms with E-state index in [1.54, 1.807) is 4.72 Å². The number of nitrogens with one attached hydrogen (secondary N) is 1. The van der Waals surface area contributed by atoms with Crippen molar-refractivity contribution in [3.05, 3.63) is 24.9 Å². The van der Waals surface area contributed by atoms with Crippen LogP contribution in [0.2, 0.25) is 0 Å². The Bertz CT molecular complexity index is 204. The van der Waals surface area contributed by atoms with E-state index in [0.717, 1.165) is 6.20 Å². The fraction of sp³-hybridized carbons (Fsp3) is 0. The minimum Gasteiger partial charge on any atom is -0.269 e. The van der Waals surface area contributed by atoms with Gasteiger partial charge in [0, 0.05) is 6.20 Å². The molecule has 52 valence electrons. The monoisotopic (exact) mass is 149 g/mol. The molecule has 5 heteroatoms. The van der Waals surface area contributed by atoms with Crippen LogP contribution in [-0.4, -0.2) is 13.0 Å². The summed E-state index contributed by atoms with van der Waals surface area (Å²) in [6, 6.07) is 0. The fourth-order valence-electron chi connectivity index (χ4n) is 0.193. The molecule has 0 aliphatic heterocycles. The molecule has 0 amide bonds. The summed E-state index contributed by atoms with van der Waals surface area (Å²) in [7, 11) is -4.08. The van der Waals surface area contributed by atoms with Gasteiger partial charge in [0.05, 0.1) is 0 Å². The Balaban J connectivity index is 3.78. The summed E-state index contributed by atoms with van der Waals surface area (Å²) in [6.07, 6.45) is 3.77. The van der Waals surface area contributed by atoms with Crippen LogP contribution in [0.1, 0.15) is 0 Å². The maximum Gasteiger partial charge on any atom is 0.357 e. The highest BCUT2D eigenvalue weighted by Gasteiger charge is 1.93. The zero-order valence-electron chi connectivity index (χ0n) is 4.61. The van der Waals surface area contributed by atoms with Gasteiger partial charge >= 0.3 is 10.3 Å². The Morgan fingerprint density at radius 3 is 2.44 bits per heavy atom. The summed E-state index contributed by atoms with van der Waals surface area (Å²) >= 11 is 0. The van der Waals surface area contributed by atoms with E-state index < -0.39 is 10.3 Å². The van der Waals surface area contributed by atoms with Crippen molar-refractivity contribution in [3.8, 4) is 0 Å². The van der Waals surface area contributed by atoms with Gasteiger partial charge in [-0.2, -0.15) is 8.42 Å². The van der Waals surface area contributed by atoms with Crippen molar-refractivity contribution in [2.45, 2.75) is 0 Å². The molecule has 0 spiro atoms. The summed E-state index contributed by atoms with van der Waals surface area (Å²) in [5.74, 6) is 0. The van der Waals surface area contributed by atoms with Crippen LogP contribution in [0.3, 0.4) is 0 Å². The van der Waals surface area contributed by atoms with Crippen LogP contribution in [0.15, 0.2) is 24.9 Å². The molecular weight excluding hydrogens is 142 g/mol. The summed E-state index contributed by atoms with van der Waals surface area (Å²) in [6.45, 7) is 3.28. The van der Waals surface area contributed by atoms with Crippen LogP contribution in [0, 0.1) is 0 Å². The van der Waals surface area contributed by atoms with Crippen molar-refractivity contribution in [2.24, 2.45) is 0 Å². The van der Waals surface area contributed by atoms with Crippen molar-refractivity contribution < 1.29 is 13.0 Å². The van der Waals surface area contributed by atoms with E-state index in [0.29, 0.717) is 0 Å². The summed E-state index contributed by atoms with van der Waals surface area (Å²) in [5, 5.41) is 0. The second-order valence-corrected chi connectivity index (χ2v) is 2.37. The first-order valence-electron chi connectivity index (χ1n) is 2.08. The highest BCUT2D eigenvalue weighted by Crippen LogP contribution is 1.73. The Labute approximate surface area is 53.8 Å². The fourth-order valence-corrected chi connectivity index (χ4v) is 0.444. The third-order valence-corrected chi connectivity index (χ3v) is 0.883. The predicted octanol–water partition coefficient (Wildman–Crippen LogP) is 0.0785. The molecule has 0 saturated heterocycles. The molecular formula is C4H7NO3S. The molecule has 0 atom stereocenters. The lowest BCUT2D eigenvalue weighted by Gasteiger charge is -1.89. The molecule has 0 fully saturated rings. The van der Waals surface area contributed by atoms with E-state index in [2.05, 4.69) is 6.58 Å². The number of hydrogen-bond acceptors (Lipinski definition) is 2. The van der Waals surface area contributed by atoms with E-state index in [1.165, 1.54) is 12.2 Å². The molecule has 0 aromatic carbocycles. The topological polar surface area (TPSA) is 66.4 Å². The Morgan fingerprint density at radius 2 is 2.11 bits per heavy atom. The molecule has 0 unspecified atom stereocenters. The minimum absolute atomic E-state index is 1.06. The van der Waals surface area contributed by atoms with Gasteiger partial charge < -0.3 is 0 Å². The van der Waals surface area contributed by atoms with Gasteiger partial charge in [0.25, 0.3) is 0 Å². The maximum absolute atomic E-state index is 9.86. The smallest absolute Gasteiger partial charge is 0.269 e. The maximum atomic E-state index is 9.86. The molecule has 0 saturated carbocycles. The van der Waals surface area contributed by atoms with Gasteiger partial charge in [0.2, 0.25) is 0 Å². The van der Waals surface area contributed by atoms with Crippen molar-refractivity contribution >= 4 is 10.3 Å². The largest absolute Gasteiger partial charge is 0.357 e. The Kier molecular flexibility index (Phi) is 2.97. The number of hydrogen-bond donors (Lipinski definition) is 2. The van der Waals surface area contributed by atoms with Crippen LogP contribution < -0.4 is 4.72 Å². The minimum atomic E-state index is -4.08. The Hall–Kier alpha value is -0.810. The molecule has 0 radical (unpaired) electrons. The lowest BCUT2D eigenvalue weighted by atomic mass is 10.6. The average molecular weight is 149 g/mol. The van der Waals surface area contributed by atoms with E-state index >= 15 is 0 Å².